The van der Waals surface area contributed by atoms with Crippen molar-refractivity contribution in [1.29, 1.82) is 0 Å². The van der Waals surface area contributed by atoms with Gasteiger partial charge < -0.3 is 5.11 Å². The van der Waals surface area contributed by atoms with Gasteiger partial charge in [0.1, 0.15) is 5.75 Å². The van der Waals surface area contributed by atoms with Crippen molar-refractivity contribution in [2.45, 2.75) is 32.4 Å². The van der Waals surface area contributed by atoms with Gasteiger partial charge in [-0.05, 0) is 23.1 Å². The molecule has 1 heterocycles. The molecule has 1 aromatic heterocycles. The van der Waals surface area contributed by atoms with Gasteiger partial charge in [-0.3, -0.25) is 0 Å². The molecule has 0 amide bonds. The van der Waals surface area contributed by atoms with E-state index in [2.05, 4.69) is 9.97 Å². The molecule has 112 valence electrons. The van der Waals surface area contributed by atoms with Gasteiger partial charge in [-0.2, -0.15) is 13.2 Å². The Morgan fingerprint density at radius 1 is 1.00 bits per heavy atom. The zero-order chi connectivity index (χ0) is 15.8. The van der Waals surface area contributed by atoms with Gasteiger partial charge in [0.25, 0.3) is 0 Å². The normalized spacial score (nSPS) is 12.5. The van der Waals surface area contributed by atoms with Crippen LogP contribution in [0.1, 0.15) is 32.2 Å². The minimum atomic E-state index is -4.58. The summed E-state index contributed by atoms with van der Waals surface area (Å²) in [7, 11) is 0. The van der Waals surface area contributed by atoms with Gasteiger partial charge in [0.15, 0.2) is 0 Å². The molecule has 0 spiro atoms. The van der Waals surface area contributed by atoms with E-state index in [9.17, 15) is 18.3 Å². The fraction of sp³-hybridized carbons (Fsp3) is 0.333. The summed E-state index contributed by atoms with van der Waals surface area (Å²) in [6.45, 7) is 6.02. The zero-order valence-electron chi connectivity index (χ0n) is 11.9. The first kappa shape index (κ1) is 15.3. The largest absolute Gasteiger partial charge is 0.507 e. The number of alkyl halides is 3. The molecule has 0 saturated carbocycles. The summed E-state index contributed by atoms with van der Waals surface area (Å²) < 4.78 is 37.3. The first-order valence-electron chi connectivity index (χ1n) is 6.32. The molecule has 6 heteroatoms. The van der Waals surface area contributed by atoms with Crippen LogP contribution in [0.25, 0.3) is 11.1 Å². The lowest BCUT2D eigenvalue weighted by Crippen LogP contribution is -2.11. The van der Waals surface area contributed by atoms with Crippen LogP contribution in [0.15, 0.2) is 30.6 Å². The van der Waals surface area contributed by atoms with Crippen LogP contribution < -0.4 is 0 Å². The van der Waals surface area contributed by atoms with Crippen molar-refractivity contribution in [1.82, 2.24) is 9.97 Å². The van der Waals surface area contributed by atoms with Gasteiger partial charge >= 0.3 is 6.18 Å². The molecule has 0 unspecified atom stereocenters. The first-order chi connectivity index (χ1) is 9.59. The van der Waals surface area contributed by atoms with Crippen molar-refractivity contribution in [3.63, 3.8) is 0 Å². The molecule has 1 N–H and O–H groups in total. The number of aromatic hydroxyl groups is 1. The maximum absolute atomic E-state index is 12.4. The van der Waals surface area contributed by atoms with Gasteiger partial charge in [-0.15, -0.1) is 0 Å². The lowest BCUT2D eigenvalue weighted by molar-refractivity contribution is -0.144. The molecule has 0 atom stereocenters. The van der Waals surface area contributed by atoms with Crippen LogP contribution in [-0.2, 0) is 11.6 Å². The number of hydrogen-bond donors (Lipinski definition) is 1. The van der Waals surface area contributed by atoms with E-state index in [4.69, 9.17) is 0 Å². The summed E-state index contributed by atoms with van der Waals surface area (Å²) in [5.41, 5.74) is 1.56. The Morgan fingerprint density at radius 3 is 2.05 bits per heavy atom. The minimum Gasteiger partial charge on any atom is -0.507 e. The van der Waals surface area contributed by atoms with Crippen molar-refractivity contribution in [2.75, 3.05) is 0 Å². The van der Waals surface area contributed by atoms with Crippen LogP contribution in [0.3, 0.4) is 0 Å². The van der Waals surface area contributed by atoms with E-state index in [1.807, 2.05) is 20.8 Å². The van der Waals surface area contributed by atoms with Crippen molar-refractivity contribution < 1.29 is 18.3 Å². The van der Waals surface area contributed by atoms with Gasteiger partial charge in [0.2, 0.25) is 5.82 Å². The average molecular weight is 296 g/mol. The SMILES string of the molecule is CC(C)(C)c1ccc(O)c(-c2cnc(C(F)(F)F)nc2)c1. The molecule has 1 aromatic carbocycles. The number of benzene rings is 1. The molecule has 21 heavy (non-hydrogen) atoms. The Bertz CT molecular complexity index is 643. The Labute approximate surface area is 120 Å². The summed E-state index contributed by atoms with van der Waals surface area (Å²) >= 11 is 0. The topological polar surface area (TPSA) is 46.0 Å². The lowest BCUT2D eigenvalue weighted by atomic mass is 9.85. The molecule has 0 saturated heterocycles. The fourth-order valence-corrected chi connectivity index (χ4v) is 1.85. The van der Waals surface area contributed by atoms with Crippen molar-refractivity contribution in [3.05, 3.63) is 42.0 Å². The molecule has 2 aromatic rings. The van der Waals surface area contributed by atoms with E-state index in [0.29, 0.717) is 11.1 Å². The summed E-state index contributed by atoms with van der Waals surface area (Å²) in [5, 5.41) is 9.91. The molecule has 0 radical (unpaired) electrons. The third-order valence-corrected chi connectivity index (χ3v) is 3.08. The first-order valence-corrected chi connectivity index (χ1v) is 6.32. The highest BCUT2D eigenvalue weighted by molar-refractivity contribution is 5.69. The summed E-state index contributed by atoms with van der Waals surface area (Å²) in [6, 6.07) is 5.04. The fourth-order valence-electron chi connectivity index (χ4n) is 1.85. The molecule has 0 aliphatic carbocycles. The van der Waals surface area contributed by atoms with Gasteiger partial charge in [0, 0.05) is 23.5 Å². The van der Waals surface area contributed by atoms with Crippen LogP contribution in [0.4, 0.5) is 13.2 Å². The predicted octanol–water partition coefficient (Wildman–Crippen LogP) is 4.17. The standard InChI is InChI=1S/C15H15F3N2O/c1-14(2,3)10-4-5-12(21)11(6-10)9-7-19-13(20-8-9)15(16,17)18/h4-8,21H,1-3H3. The second-order valence-electron chi connectivity index (χ2n) is 5.78. The highest BCUT2D eigenvalue weighted by atomic mass is 19.4. The Balaban J connectivity index is 2.47. The molecular weight excluding hydrogens is 281 g/mol. The number of rotatable bonds is 1. The van der Waals surface area contributed by atoms with Crippen LogP contribution in [0.2, 0.25) is 0 Å². The summed E-state index contributed by atoms with van der Waals surface area (Å²) in [5.74, 6) is -1.22. The summed E-state index contributed by atoms with van der Waals surface area (Å²) in [4.78, 5) is 6.62. The van der Waals surface area contributed by atoms with Crippen LogP contribution in [-0.4, -0.2) is 15.1 Å². The maximum atomic E-state index is 12.4. The number of aromatic nitrogens is 2. The van der Waals surface area contributed by atoms with Crippen LogP contribution >= 0.6 is 0 Å². The molecule has 0 fully saturated rings. The van der Waals surface area contributed by atoms with E-state index in [0.717, 1.165) is 18.0 Å². The summed E-state index contributed by atoms with van der Waals surface area (Å²) in [6.07, 6.45) is -2.44. The van der Waals surface area contributed by atoms with E-state index >= 15 is 0 Å². The Kier molecular flexibility index (Phi) is 3.65. The van der Waals surface area contributed by atoms with E-state index in [1.54, 1.807) is 12.1 Å². The maximum Gasteiger partial charge on any atom is 0.451 e. The van der Waals surface area contributed by atoms with E-state index in [1.165, 1.54) is 6.07 Å². The van der Waals surface area contributed by atoms with E-state index in [-0.39, 0.29) is 11.2 Å². The number of phenols is 1. The number of phenolic OH excluding ortho intramolecular Hbond substituents is 1. The average Bonchev–Trinajstić information content (AvgIpc) is 2.37. The molecule has 0 bridgehead atoms. The Morgan fingerprint density at radius 2 is 1.57 bits per heavy atom. The lowest BCUT2D eigenvalue weighted by Gasteiger charge is -2.20. The highest BCUT2D eigenvalue weighted by Gasteiger charge is 2.34. The second-order valence-corrected chi connectivity index (χ2v) is 5.78. The van der Waals surface area contributed by atoms with Crippen molar-refractivity contribution >= 4 is 0 Å². The third kappa shape index (κ3) is 3.32. The molecular formula is C15H15F3N2O. The van der Waals surface area contributed by atoms with Gasteiger partial charge in [0.05, 0.1) is 0 Å². The number of hydrogen-bond acceptors (Lipinski definition) is 3. The minimum absolute atomic E-state index is 0.0219. The third-order valence-electron chi connectivity index (χ3n) is 3.08. The molecule has 3 nitrogen and oxygen atoms in total. The van der Waals surface area contributed by atoms with Crippen LogP contribution in [0.5, 0.6) is 5.75 Å². The molecule has 0 aliphatic rings. The quantitative estimate of drug-likeness (QED) is 0.859. The number of halogens is 3. The smallest absolute Gasteiger partial charge is 0.451 e. The van der Waals surface area contributed by atoms with Crippen LogP contribution in [0, 0.1) is 0 Å². The van der Waals surface area contributed by atoms with Gasteiger partial charge in [-0.1, -0.05) is 26.8 Å². The second kappa shape index (κ2) is 5.02. The van der Waals surface area contributed by atoms with Crippen molar-refractivity contribution in [2.24, 2.45) is 0 Å². The van der Waals surface area contributed by atoms with E-state index < -0.39 is 12.0 Å². The van der Waals surface area contributed by atoms with Crippen molar-refractivity contribution in [3.8, 4) is 16.9 Å². The molecule has 2 rings (SSSR count). The monoisotopic (exact) mass is 296 g/mol. The zero-order valence-corrected chi connectivity index (χ0v) is 11.9. The Hall–Kier alpha value is -2.11. The molecule has 0 aliphatic heterocycles. The van der Waals surface area contributed by atoms with Gasteiger partial charge in [-0.25, -0.2) is 9.97 Å². The predicted molar refractivity (Wildman–Crippen MR) is 72.8 cm³/mol. The highest BCUT2D eigenvalue weighted by Crippen LogP contribution is 2.34. The number of nitrogens with zero attached hydrogens (tertiary/aromatic N) is 2.